The molecule has 0 radical (unpaired) electrons. The summed E-state index contributed by atoms with van der Waals surface area (Å²) in [5.74, 6) is 0.782. The third kappa shape index (κ3) is 5.28. The molecule has 0 saturated carbocycles. The minimum absolute atomic E-state index is 0.0869. The van der Waals surface area contributed by atoms with Crippen molar-refractivity contribution in [2.24, 2.45) is 5.10 Å². The van der Waals surface area contributed by atoms with Gasteiger partial charge < -0.3 is 14.5 Å². The van der Waals surface area contributed by atoms with Gasteiger partial charge in [-0.15, -0.1) is 0 Å². The van der Waals surface area contributed by atoms with E-state index in [2.05, 4.69) is 15.8 Å². The standard InChI is InChI=1S/C17H19N3O4/c1-12(10-16(21)18-11-15-4-3-9-24-15)19-20-17(22)13-5-7-14(23-2)8-6-13/h3-9H,10-11H2,1-2H3,(H,18,21)(H,20,22). The van der Waals surface area contributed by atoms with Crippen molar-refractivity contribution in [1.82, 2.24) is 10.7 Å². The van der Waals surface area contributed by atoms with Gasteiger partial charge in [-0.1, -0.05) is 0 Å². The van der Waals surface area contributed by atoms with Gasteiger partial charge in [0.25, 0.3) is 5.91 Å². The summed E-state index contributed by atoms with van der Waals surface area (Å²) in [6.07, 6.45) is 1.63. The summed E-state index contributed by atoms with van der Waals surface area (Å²) in [6, 6.07) is 10.2. The van der Waals surface area contributed by atoms with Crippen LogP contribution in [0.15, 0.2) is 52.2 Å². The fraction of sp³-hybridized carbons (Fsp3) is 0.235. The molecule has 2 N–H and O–H groups in total. The van der Waals surface area contributed by atoms with Crippen molar-refractivity contribution in [2.45, 2.75) is 19.9 Å². The highest BCUT2D eigenvalue weighted by Gasteiger charge is 2.07. The highest BCUT2D eigenvalue weighted by atomic mass is 16.5. The van der Waals surface area contributed by atoms with Crippen LogP contribution >= 0.6 is 0 Å². The molecule has 0 saturated heterocycles. The van der Waals surface area contributed by atoms with Crippen LogP contribution in [0.25, 0.3) is 0 Å². The van der Waals surface area contributed by atoms with Crippen LogP contribution in [0, 0.1) is 0 Å². The van der Waals surface area contributed by atoms with Gasteiger partial charge in [-0.05, 0) is 43.3 Å². The van der Waals surface area contributed by atoms with E-state index >= 15 is 0 Å². The van der Waals surface area contributed by atoms with Crippen LogP contribution < -0.4 is 15.5 Å². The molecule has 24 heavy (non-hydrogen) atoms. The second kappa shape index (κ2) is 8.52. The number of benzene rings is 1. The SMILES string of the molecule is COc1ccc(C(=O)NN=C(C)CC(=O)NCc2ccco2)cc1. The molecule has 0 aliphatic heterocycles. The number of nitrogens with zero attached hydrogens (tertiary/aromatic N) is 1. The van der Waals surface area contributed by atoms with E-state index < -0.39 is 0 Å². The summed E-state index contributed by atoms with van der Waals surface area (Å²) in [6.45, 7) is 1.98. The summed E-state index contributed by atoms with van der Waals surface area (Å²) in [4.78, 5) is 23.7. The fourth-order valence-corrected chi connectivity index (χ4v) is 1.89. The minimum atomic E-state index is -0.354. The summed E-state index contributed by atoms with van der Waals surface area (Å²) in [5, 5.41) is 6.64. The lowest BCUT2D eigenvalue weighted by Gasteiger charge is -2.05. The zero-order chi connectivity index (χ0) is 17.4. The molecule has 1 aromatic heterocycles. The van der Waals surface area contributed by atoms with Crippen molar-refractivity contribution in [3.05, 3.63) is 54.0 Å². The number of carbonyl (C=O) groups excluding carboxylic acids is 2. The molecule has 126 valence electrons. The Kier molecular flexibility index (Phi) is 6.13. The molecule has 7 heteroatoms. The number of rotatable bonds is 7. The topological polar surface area (TPSA) is 92.9 Å². The summed E-state index contributed by atoms with van der Waals surface area (Å²) < 4.78 is 10.2. The zero-order valence-corrected chi connectivity index (χ0v) is 13.5. The summed E-state index contributed by atoms with van der Waals surface area (Å²) in [5.41, 5.74) is 3.37. The molecule has 0 aliphatic rings. The van der Waals surface area contributed by atoms with Gasteiger partial charge in [0.05, 0.1) is 26.3 Å². The van der Waals surface area contributed by atoms with Crippen molar-refractivity contribution in [3.8, 4) is 5.75 Å². The van der Waals surface area contributed by atoms with Crippen LogP contribution in [0.1, 0.15) is 29.5 Å². The molecule has 0 spiro atoms. The van der Waals surface area contributed by atoms with Gasteiger partial charge in [0.2, 0.25) is 5.91 Å². The molecule has 1 aromatic carbocycles. The van der Waals surface area contributed by atoms with Gasteiger partial charge >= 0.3 is 0 Å². The lowest BCUT2D eigenvalue weighted by molar-refractivity contribution is -0.120. The Hall–Kier alpha value is -3.09. The number of nitrogens with one attached hydrogen (secondary N) is 2. The molecular formula is C17H19N3O4. The number of furan rings is 1. The van der Waals surface area contributed by atoms with Gasteiger partial charge in [-0.25, -0.2) is 5.43 Å². The van der Waals surface area contributed by atoms with Crippen molar-refractivity contribution in [2.75, 3.05) is 7.11 Å². The number of ether oxygens (including phenoxy) is 1. The Morgan fingerprint density at radius 1 is 1.21 bits per heavy atom. The maximum Gasteiger partial charge on any atom is 0.271 e. The van der Waals surface area contributed by atoms with Crippen molar-refractivity contribution in [1.29, 1.82) is 0 Å². The first-order valence-corrected chi connectivity index (χ1v) is 7.35. The first kappa shape index (κ1) is 17.3. The molecule has 2 aromatic rings. The van der Waals surface area contributed by atoms with Gasteiger partial charge in [0, 0.05) is 11.3 Å². The van der Waals surface area contributed by atoms with E-state index in [1.165, 1.54) is 0 Å². The van der Waals surface area contributed by atoms with E-state index in [9.17, 15) is 9.59 Å². The number of carbonyl (C=O) groups is 2. The quantitative estimate of drug-likeness (QED) is 0.601. The Bertz CT molecular complexity index is 706. The Morgan fingerprint density at radius 2 is 1.96 bits per heavy atom. The molecule has 0 bridgehead atoms. The molecule has 2 amide bonds. The Morgan fingerprint density at radius 3 is 2.58 bits per heavy atom. The monoisotopic (exact) mass is 329 g/mol. The van der Waals surface area contributed by atoms with Crippen LogP contribution in [-0.2, 0) is 11.3 Å². The highest BCUT2D eigenvalue weighted by Crippen LogP contribution is 2.11. The smallest absolute Gasteiger partial charge is 0.271 e. The van der Waals surface area contributed by atoms with Gasteiger partial charge in [-0.3, -0.25) is 9.59 Å². The Balaban J connectivity index is 1.79. The van der Waals surface area contributed by atoms with Gasteiger partial charge in [-0.2, -0.15) is 5.10 Å². The molecule has 2 rings (SSSR count). The van der Waals surface area contributed by atoms with E-state index in [1.54, 1.807) is 56.7 Å². The van der Waals surface area contributed by atoms with E-state index in [0.717, 1.165) is 0 Å². The first-order valence-electron chi connectivity index (χ1n) is 7.35. The lowest BCUT2D eigenvalue weighted by Crippen LogP contribution is -2.26. The average molecular weight is 329 g/mol. The summed E-state index contributed by atoms with van der Waals surface area (Å²) in [7, 11) is 1.56. The second-order valence-electron chi connectivity index (χ2n) is 5.05. The summed E-state index contributed by atoms with van der Waals surface area (Å²) >= 11 is 0. The molecule has 0 fully saturated rings. The largest absolute Gasteiger partial charge is 0.497 e. The van der Waals surface area contributed by atoms with E-state index in [1.807, 2.05) is 0 Å². The van der Waals surface area contributed by atoms with Gasteiger partial charge in [0.1, 0.15) is 11.5 Å². The molecule has 0 aliphatic carbocycles. The fourth-order valence-electron chi connectivity index (χ4n) is 1.89. The van der Waals surface area contributed by atoms with E-state index in [4.69, 9.17) is 9.15 Å². The van der Waals surface area contributed by atoms with Crippen LogP contribution in [-0.4, -0.2) is 24.6 Å². The van der Waals surface area contributed by atoms with E-state index in [0.29, 0.717) is 29.3 Å². The third-order valence-corrected chi connectivity index (χ3v) is 3.16. The number of hydrogen-bond donors (Lipinski definition) is 2. The molecule has 0 unspecified atom stereocenters. The maximum atomic E-state index is 11.9. The zero-order valence-electron chi connectivity index (χ0n) is 13.5. The minimum Gasteiger partial charge on any atom is -0.497 e. The third-order valence-electron chi connectivity index (χ3n) is 3.16. The normalized spacial score (nSPS) is 11.0. The first-order chi connectivity index (χ1) is 11.6. The van der Waals surface area contributed by atoms with Gasteiger partial charge in [0.15, 0.2) is 0 Å². The molecule has 1 heterocycles. The Labute approximate surface area is 139 Å². The predicted molar refractivity (Wildman–Crippen MR) is 88.7 cm³/mol. The number of amides is 2. The van der Waals surface area contributed by atoms with Crippen LogP contribution in [0.3, 0.4) is 0 Å². The number of hydrazone groups is 1. The molecule has 0 atom stereocenters. The number of hydrogen-bond acceptors (Lipinski definition) is 5. The van der Waals surface area contributed by atoms with Crippen LogP contribution in [0.4, 0.5) is 0 Å². The van der Waals surface area contributed by atoms with E-state index in [-0.39, 0.29) is 18.2 Å². The average Bonchev–Trinajstić information content (AvgIpc) is 3.11. The maximum absolute atomic E-state index is 11.9. The number of methoxy groups -OCH3 is 1. The lowest BCUT2D eigenvalue weighted by atomic mass is 10.2. The predicted octanol–water partition coefficient (Wildman–Crippen LogP) is 2.10. The highest BCUT2D eigenvalue weighted by molar-refractivity contribution is 6.01. The van der Waals surface area contributed by atoms with Crippen molar-refractivity contribution < 1.29 is 18.7 Å². The van der Waals surface area contributed by atoms with Crippen LogP contribution in [0.5, 0.6) is 5.75 Å². The van der Waals surface area contributed by atoms with Crippen molar-refractivity contribution >= 4 is 17.5 Å². The van der Waals surface area contributed by atoms with Crippen LogP contribution in [0.2, 0.25) is 0 Å². The van der Waals surface area contributed by atoms with Crippen molar-refractivity contribution in [3.63, 3.8) is 0 Å². The second-order valence-corrected chi connectivity index (χ2v) is 5.05. The molecular weight excluding hydrogens is 310 g/mol. The molecule has 7 nitrogen and oxygen atoms in total.